The number of anilines is 1. The second kappa shape index (κ2) is 6.06. The van der Waals surface area contributed by atoms with Crippen molar-refractivity contribution in [1.82, 2.24) is 9.88 Å². The third-order valence-electron chi connectivity index (χ3n) is 4.26. The first-order valence-corrected chi connectivity index (χ1v) is 6.94. The molecular weight excluding hydrogens is 270 g/mol. The van der Waals surface area contributed by atoms with Gasteiger partial charge in [-0.3, -0.25) is 10.1 Å². The summed E-state index contributed by atoms with van der Waals surface area (Å²) in [5.74, 6) is 0.229. The molecule has 7 heteroatoms. The number of likely N-dealkylation sites (N-methyl/N-ethyl adjacent to an activating group) is 1. The minimum absolute atomic E-state index is 0.0173. The van der Waals surface area contributed by atoms with Crippen LogP contribution in [0.1, 0.15) is 31.2 Å². The van der Waals surface area contributed by atoms with E-state index in [4.69, 9.17) is 5.26 Å². The number of aromatic nitrogens is 1. The first-order valence-electron chi connectivity index (χ1n) is 6.94. The number of nitro groups is 1. The summed E-state index contributed by atoms with van der Waals surface area (Å²) in [6.07, 6.45) is 5.83. The molecule has 1 aliphatic rings. The van der Waals surface area contributed by atoms with Crippen LogP contribution in [0.4, 0.5) is 11.5 Å². The van der Waals surface area contributed by atoms with Gasteiger partial charge in [-0.1, -0.05) is 12.8 Å². The molecule has 112 valence electrons. The molecule has 0 aliphatic heterocycles. The van der Waals surface area contributed by atoms with Gasteiger partial charge in [0, 0.05) is 24.3 Å². The lowest BCUT2D eigenvalue weighted by molar-refractivity contribution is -0.384. The molecule has 1 N–H and O–H groups in total. The maximum atomic E-state index is 11.1. The Hall–Kier alpha value is -2.20. The SMILES string of the molecule is CN(C)C1(CNc2ncc(C#N)cc2[N+](=O)[O-])CCCC1. The Morgan fingerprint density at radius 1 is 1.52 bits per heavy atom. The molecule has 1 aliphatic carbocycles. The highest BCUT2D eigenvalue weighted by Crippen LogP contribution is 2.34. The molecule has 0 spiro atoms. The summed E-state index contributed by atoms with van der Waals surface area (Å²) in [5, 5.41) is 23.0. The molecule has 0 atom stereocenters. The normalized spacial score (nSPS) is 16.7. The van der Waals surface area contributed by atoms with Gasteiger partial charge in [-0.15, -0.1) is 0 Å². The number of rotatable bonds is 5. The minimum Gasteiger partial charge on any atom is -0.362 e. The fourth-order valence-electron chi connectivity index (χ4n) is 2.85. The molecule has 1 aromatic rings. The Morgan fingerprint density at radius 2 is 2.19 bits per heavy atom. The number of hydrogen-bond donors (Lipinski definition) is 1. The zero-order valence-electron chi connectivity index (χ0n) is 12.3. The van der Waals surface area contributed by atoms with E-state index in [9.17, 15) is 10.1 Å². The van der Waals surface area contributed by atoms with Crippen molar-refractivity contribution in [3.63, 3.8) is 0 Å². The fourth-order valence-corrected chi connectivity index (χ4v) is 2.85. The van der Waals surface area contributed by atoms with E-state index >= 15 is 0 Å². The van der Waals surface area contributed by atoms with Crippen molar-refractivity contribution in [2.45, 2.75) is 31.2 Å². The molecule has 0 radical (unpaired) electrons. The molecular formula is C14H19N5O2. The predicted molar refractivity (Wildman–Crippen MR) is 79.0 cm³/mol. The lowest BCUT2D eigenvalue weighted by Crippen LogP contribution is -2.47. The van der Waals surface area contributed by atoms with Crippen LogP contribution in [0.15, 0.2) is 12.3 Å². The lowest BCUT2D eigenvalue weighted by Gasteiger charge is -2.36. The summed E-state index contributed by atoms with van der Waals surface area (Å²) >= 11 is 0. The average molecular weight is 289 g/mol. The first kappa shape index (κ1) is 15.2. The van der Waals surface area contributed by atoms with Gasteiger partial charge in [0.1, 0.15) is 6.07 Å². The second-order valence-corrected chi connectivity index (χ2v) is 5.64. The van der Waals surface area contributed by atoms with Gasteiger partial charge in [-0.25, -0.2) is 4.98 Å². The topological polar surface area (TPSA) is 95.1 Å². The van der Waals surface area contributed by atoms with Gasteiger partial charge in [0.05, 0.1) is 10.5 Å². The van der Waals surface area contributed by atoms with Crippen molar-refractivity contribution in [2.75, 3.05) is 26.0 Å². The summed E-state index contributed by atoms with van der Waals surface area (Å²) in [4.78, 5) is 16.8. The van der Waals surface area contributed by atoms with Crippen LogP contribution in [0, 0.1) is 21.4 Å². The summed E-state index contributed by atoms with van der Waals surface area (Å²) < 4.78 is 0. The third kappa shape index (κ3) is 3.11. The van der Waals surface area contributed by atoms with E-state index in [-0.39, 0.29) is 22.6 Å². The highest BCUT2D eigenvalue weighted by atomic mass is 16.6. The minimum atomic E-state index is -0.507. The Balaban J connectivity index is 2.20. The smallest absolute Gasteiger partial charge is 0.312 e. The Labute approximate surface area is 123 Å². The standard InChI is InChI=1S/C14H19N5O2/c1-18(2)14(5-3-4-6-14)10-17-13-12(19(20)21)7-11(8-15)9-16-13/h7,9H,3-6,10H2,1-2H3,(H,16,17). The molecule has 0 aromatic carbocycles. The average Bonchev–Trinajstić information content (AvgIpc) is 2.95. The van der Waals surface area contributed by atoms with Crippen molar-refractivity contribution in [3.8, 4) is 6.07 Å². The number of nitriles is 1. The van der Waals surface area contributed by atoms with Crippen LogP contribution in [0.2, 0.25) is 0 Å². The monoisotopic (exact) mass is 289 g/mol. The van der Waals surface area contributed by atoms with Crippen molar-refractivity contribution in [3.05, 3.63) is 27.9 Å². The molecule has 21 heavy (non-hydrogen) atoms. The molecule has 0 unspecified atom stereocenters. The van der Waals surface area contributed by atoms with E-state index in [1.54, 1.807) is 0 Å². The number of nitrogens with one attached hydrogen (secondary N) is 1. The van der Waals surface area contributed by atoms with Crippen LogP contribution in [0.25, 0.3) is 0 Å². The van der Waals surface area contributed by atoms with Gasteiger partial charge in [-0.05, 0) is 26.9 Å². The van der Waals surface area contributed by atoms with Gasteiger partial charge in [0.15, 0.2) is 0 Å². The van der Waals surface area contributed by atoms with Gasteiger partial charge < -0.3 is 10.2 Å². The molecule has 2 rings (SSSR count). The Bertz CT molecular complexity index is 573. The zero-order chi connectivity index (χ0) is 15.5. The number of hydrogen-bond acceptors (Lipinski definition) is 6. The summed E-state index contributed by atoms with van der Waals surface area (Å²) in [7, 11) is 4.07. The van der Waals surface area contributed by atoms with E-state index < -0.39 is 4.92 Å². The van der Waals surface area contributed by atoms with Crippen LogP contribution < -0.4 is 5.32 Å². The molecule has 1 aromatic heterocycles. The number of pyridine rings is 1. The maximum Gasteiger partial charge on any atom is 0.312 e. The van der Waals surface area contributed by atoms with Gasteiger partial charge in [0.25, 0.3) is 0 Å². The molecule has 1 fully saturated rings. The van der Waals surface area contributed by atoms with Crippen LogP contribution in [-0.4, -0.2) is 41.0 Å². The van der Waals surface area contributed by atoms with E-state index in [1.165, 1.54) is 25.1 Å². The third-order valence-corrected chi connectivity index (χ3v) is 4.26. The van der Waals surface area contributed by atoms with Crippen LogP contribution in [0.5, 0.6) is 0 Å². The van der Waals surface area contributed by atoms with Crippen molar-refractivity contribution >= 4 is 11.5 Å². The van der Waals surface area contributed by atoms with E-state index in [0.29, 0.717) is 6.54 Å². The van der Waals surface area contributed by atoms with E-state index in [2.05, 4.69) is 15.2 Å². The summed E-state index contributed by atoms with van der Waals surface area (Å²) in [6.45, 7) is 0.611. The van der Waals surface area contributed by atoms with Crippen LogP contribution >= 0.6 is 0 Å². The van der Waals surface area contributed by atoms with Crippen LogP contribution in [-0.2, 0) is 0 Å². The summed E-state index contributed by atoms with van der Waals surface area (Å²) in [6, 6.07) is 3.13. The van der Waals surface area contributed by atoms with E-state index in [0.717, 1.165) is 12.8 Å². The Kier molecular flexibility index (Phi) is 4.38. The van der Waals surface area contributed by atoms with Gasteiger partial charge >= 0.3 is 5.69 Å². The van der Waals surface area contributed by atoms with Crippen LogP contribution in [0.3, 0.4) is 0 Å². The van der Waals surface area contributed by atoms with Crippen molar-refractivity contribution in [2.24, 2.45) is 0 Å². The van der Waals surface area contributed by atoms with Crippen molar-refractivity contribution < 1.29 is 4.92 Å². The van der Waals surface area contributed by atoms with Crippen molar-refractivity contribution in [1.29, 1.82) is 5.26 Å². The Morgan fingerprint density at radius 3 is 2.71 bits per heavy atom. The molecule has 1 saturated carbocycles. The maximum absolute atomic E-state index is 11.1. The molecule has 0 bridgehead atoms. The molecule has 7 nitrogen and oxygen atoms in total. The quantitative estimate of drug-likeness (QED) is 0.659. The summed E-state index contributed by atoms with van der Waals surface area (Å²) in [5.41, 5.74) is 0.0556. The molecule has 0 saturated heterocycles. The largest absolute Gasteiger partial charge is 0.362 e. The first-order chi connectivity index (χ1) is 9.98. The van der Waals surface area contributed by atoms with Gasteiger partial charge in [0.2, 0.25) is 5.82 Å². The highest BCUT2D eigenvalue weighted by molar-refractivity contribution is 5.58. The molecule has 1 heterocycles. The van der Waals surface area contributed by atoms with E-state index in [1.807, 2.05) is 20.2 Å². The number of nitrogens with zero attached hydrogens (tertiary/aromatic N) is 4. The molecule has 0 amide bonds. The fraction of sp³-hybridized carbons (Fsp3) is 0.571. The second-order valence-electron chi connectivity index (χ2n) is 5.64. The predicted octanol–water partition coefficient (Wildman–Crippen LogP) is 2.15. The highest BCUT2D eigenvalue weighted by Gasteiger charge is 2.36. The zero-order valence-corrected chi connectivity index (χ0v) is 12.3. The van der Waals surface area contributed by atoms with Gasteiger partial charge in [-0.2, -0.15) is 5.26 Å². The lowest BCUT2D eigenvalue weighted by atomic mass is 9.96.